The van der Waals surface area contributed by atoms with Crippen molar-refractivity contribution in [3.63, 3.8) is 0 Å². The van der Waals surface area contributed by atoms with Gasteiger partial charge in [0.15, 0.2) is 5.69 Å². The minimum absolute atomic E-state index is 0.0952. The van der Waals surface area contributed by atoms with E-state index in [1.807, 2.05) is 0 Å². The molecule has 1 aromatic heterocycles. The molecule has 3 N–H and O–H groups in total. The molecule has 0 saturated carbocycles. The van der Waals surface area contributed by atoms with E-state index in [0.717, 1.165) is 0 Å². The van der Waals surface area contributed by atoms with Crippen molar-refractivity contribution in [1.82, 2.24) is 4.98 Å². The smallest absolute Gasteiger partial charge is 0.354 e. The minimum atomic E-state index is -1.21. The maximum absolute atomic E-state index is 12.2. The number of nitrogens with one attached hydrogen (secondary N) is 2. The molecule has 1 heterocycles. The maximum atomic E-state index is 12.2. The van der Waals surface area contributed by atoms with Gasteiger partial charge in [0.05, 0.1) is 16.1 Å². The summed E-state index contributed by atoms with van der Waals surface area (Å²) in [5, 5.41) is 25.5. The van der Waals surface area contributed by atoms with Crippen molar-refractivity contribution in [2.45, 2.75) is 0 Å². The third-order valence-electron chi connectivity index (χ3n) is 3.52. The van der Waals surface area contributed by atoms with Crippen molar-refractivity contribution < 1.29 is 19.6 Å². The van der Waals surface area contributed by atoms with E-state index < -0.39 is 16.9 Å². The molecule has 0 aliphatic carbocycles. The van der Waals surface area contributed by atoms with Crippen LogP contribution in [-0.4, -0.2) is 27.0 Å². The summed E-state index contributed by atoms with van der Waals surface area (Å²) < 4.78 is 0. The number of carboxylic acid groups (broad SMARTS) is 1. The molecule has 0 aliphatic heterocycles. The number of nitro groups is 1. The van der Waals surface area contributed by atoms with E-state index in [-0.39, 0.29) is 17.1 Å². The number of carbonyl (C=O) groups excluding carboxylic acids is 1. The first-order chi connectivity index (χ1) is 12.4. The van der Waals surface area contributed by atoms with Gasteiger partial charge in [0.1, 0.15) is 0 Å². The molecule has 130 valence electrons. The van der Waals surface area contributed by atoms with E-state index in [2.05, 4.69) is 15.6 Å². The third kappa shape index (κ3) is 3.56. The molecule has 0 fully saturated rings. The zero-order valence-corrected chi connectivity index (χ0v) is 13.2. The van der Waals surface area contributed by atoms with E-state index >= 15 is 0 Å². The van der Waals surface area contributed by atoms with Crippen LogP contribution in [-0.2, 0) is 0 Å². The van der Waals surface area contributed by atoms with Crippen LogP contribution < -0.4 is 10.6 Å². The van der Waals surface area contributed by atoms with Gasteiger partial charge in [-0.1, -0.05) is 18.2 Å². The molecule has 9 nitrogen and oxygen atoms in total. The Balaban J connectivity index is 1.84. The molecule has 2 aromatic carbocycles. The van der Waals surface area contributed by atoms with Gasteiger partial charge >= 0.3 is 12.0 Å². The molecule has 0 spiro atoms. The van der Waals surface area contributed by atoms with Crippen LogP contribution in [0.15, 0.2) is 54.6 Å². The van der Waals surface area contributed by atoms with Crippen molar-refractivity contribution in [1.29, 1.82) is 0 Å². The fraction of sp³-hybridized carbons (Fsp3) is 0. The van der Waals surface area contributed by atoms with Gasteiger partial charge < -0.3 is 15.7 Å². The number of anilines is 2. The normalized spacial score (nSPS) is 10.3. The maximum Gasteiger partial charge on any atom is 0.354 e. The Kier molecular flexibility index (Phi) is 4.44. The number of pyridine rings is 1. The molecular formula is C17H12N4O5. The van der Waals surface area contributed by atoms with Gasteiger partial charge in [-0.05, 0) is 24.3 Å². The number of carbonyl (C=O) groups is 2. The highest BCUT2D eigenvalue weighted by Gasteiger charge is 2.13. The number of amides is 2. The number of hydrogen-bond acceptors (Lipinski definition) is 5. The number of fused-ring (bicyclic) bond motifs is 1. The quantitative estimate of drug-likeness (QED) is 0.486. The van der Waals surface area contributed by atoms with E-state index in [1.165, 1.54) is 30.3 Å². The van der Waals surface area contributed by atoms with Crippen LogP contribution in [0.3, 0.4) is 0 Å². The first-order valence-corrected chi connectivity index (χ1v) is 7.39. The summed E-state index contributed by atoms with van der Waals surface area (Å²) in [5.41, 5.74) is 0.770. The van der Waals surface area contributed by atoms with Crippen LogP contribution in [0.5, 0.6) is 0 Å². The minimum Gasteiger partial charge on any atom is -0.477 e. The fourth-order valence-corrected chi connectivity index (χ4v) is 2.34. The van der Waals surface area contributed by atoms with Gasteiger partial charge in [-0.25, -0.2) is 14.6 Å². The van der Waals surface area contributed by atoms with E-state index in [4.69, 9.17) is 5.11 Å². The summed E-state index contributed by atoms with van der Waals surface area (Å²) in [4.78, 5) is 37.5. The number of hydrogen-bond donors (Lipinski definition) is 3. The summed E-state index contributed by atoms with van der Waals surface area (Å²) in [7, 11) is 0. The van der Waals surface area contributed by atoms with E-state index in [9.17, 15) is 19.7 Å². The van der Waals surface area contributed by atoms with Gasteiger partial charge in [-0.3, -0.25) is 10.1 Å². The molecule has 0 unspecified atom stereocenters. The number of urea groups is 1. The van der Waals surface area contributed by atoms with Gasteiger partial charge in [-0.2, -0.15) is 0 Å². The zero-order valence-electron chi connectivity index (χ0n) is 13.2. The van der Waals surface area contributed by atoms with Crippen molar-refractivity contribution in [2.75, 3.05) is 10.6 Å². The lowest BCUT2D eigenvalue weighted by atomic mass is 10.1. The Morgan fingerprint density at radius 2 is 1.73 bits per heavy atom. The van der Waals surface area contributed by atoms with Crippen LogP contribution in [0.1, 0.15) is 10.5 Å². The second-order valence-corrected chi connectivity index (χ2v) is 5.26. The lowest BCUT2D eigenvalue weighted by Gasteiger charge is -2.11. The zero-order chi connectivity index (χ0) is 18.7. The number of carboxylic acids is 1. The van der Waals surface area contributed by atoms with Gasteiger partial charge in [0.25, 0.3) is 5.69 Å². The highest BCUT2D eigenvalue weighted by molar-refractivity contribution is 6.07. The highest BCUT2D eigenvalue weighted by Crippen LogP contribution is 2.23. The summed E-state index contributed by atoms with van der Waals surface area (Å²) in [6, 6.07) is 12.8. The number of aromatic nitrogens is 1. The molecule has 0 aliphatic rings. The molecule has 2 amide bonds. The average molecular weight is 352 g/mol. The number of benzene rings is 2. The van der Waals surface area contributed by atoms with Crippen molar-refractivity contribution in [2.24, 2.45) is 0 Å². The van der Waals surface area contributed by atoms with E-state index in [1.54, 1.807) is 24.3 Å². The Bertz CT molecular complexity index is 1020. The van der Waals surface area contributed by atoms with Crippen LogP contribution in [0.2, 0.25) is 0 Å². The number of non-ortho nitro benzene ring substituents is 1. The molecule has 0 bridgehead atoms. The summed E-state index contributed by atoms with van der Waals surface area (Å²) >= 11 is 0. The second kappa shape index (κ2) is 6.85. The Labute approximate surface area is 146 Å². The molecule has 0 radical (unpaired) electrons. The first-order valence-electron chi connectivity index (χ1n) is 7.39. The summed E-state index contributed by atoms with van der Waals surface area (Å²) in [6.45, 7) is 0. The fourth-order valence-electron chi connectivity index (χ4n) is 2.34. The molecule has 3 rings (SSSR count). The van der Waals surface area contributed by atoms with Crippen LogP contribution in [0.4, 0.5) is 21.9 Å². The second-order valence-electron chi connectivity index (χ2n) is 5.26. The van der Waals surface area contributed by atoms with Gasteiger partial charge in [0, 0.05) is 23.2 Å². The van der Waals surface area contributed by atoms with Crippen molar-refractivity contribution >= 4 is 40.0 Å². The predicted molar refractivity (Wildman–Crippen MR) is 94.4 cm³/mol. The molecule has 3 aromatic rings. The topological polar surface area (TPSA) is 134 Å². The number of nitro benzene ring substituents is 1. The van der Waals surface area contributed by atoms with Crippen LogP contribution in [0.25, 0.3) is 10.9 Å². The van der Waals surface area contributed by atoms with Crippen LogP contribution >= 0.6 is 0 Å². The number of para-hydroxylation sites is 1. The Hall–Kier alpha value is -4.01. The van der Waals surface area contributed by atoms with Gasteiger partial charge in [0.2, 0.25) is 0 Å². The SMILES string of the molecule is O=C(Nc1ccc([N+](=O)[O-])cc1)Nc1cc(C(=O)O)nc2ccccc12. The monoisotopic (exact) mass is 352 g/mol. The molecule has 0 atom stereocenters. The van der Waals surface area contributed by atoms with Gasteiger partial charge in [-0.15, -0.1) is 0 Å². The molecule has 9 heteroatoms. The lowest BCUT2D eigenvalue weighted by Crippen LogP contribution is -2.20. The first kappa shape index (κ1) is 16.8. The number of aromatic carboxylic acids is 1. The largest absolute Gasteiger partial charge is 0.477 e. The summed E-state index contributed by atoms with van der Waals surface area (Å²) in [5.74, 6) is -1.21. The number of rotatable bonds is 4. The van der Waals surface area contributed by atoms with Crippen LogP contribution in [0, 0.1) is 10.1 Å². The Morgan fingerprint density at radius 1 is 1.04 bits per heavy atom. The average Bonchev–Trinajstić information content (AvgIpc) is 2.62. The molecular weight excluding hydrogens is 340 g/mol. The highest BCUT2D eigenvalue weighted by atomic mass is 16.6. The predicted octanol–water partition coefficient (Wildman–Crippen LogP) is 3.49. The third-order valence-corrected chi connectivity index (χ3v) is 3.52. The number of nitrogens with zero attached hydrogens (tertiary/aromatic N) is 2. The van der Waals surface area contributed by atoms with Crippen molar-refractivity contribution in [3.8, 4) is 0 Å². The molecule has 0 saturated heterocycles. The standard InChI is InChI=1S/C17H12N4O5/c22-16(23)15-9-14(12-3-1-2-4-13(12)19-15)20-17(24)18-10-5-7-11(8-6-10)21(25)26/h1-9H,(H,22,23)(H2,18,19,20,24). The van der Waals surface area contributed by atoms with Crippen molar-refractivity contribution in [3.05, 3.63) is 70.4 Å². The van der Waals surface area contributed by atoms with E-state index in [0.29, 0.717) is 16.6 Å². The lowest BCUT2D eigenvalue weighted by molar-refractivity contribution is -0.384. The Morgan fingerprint density at radius 3 is 2.38 bits per heavy atom. The summed E-state index contributed by atoms with van der Waals surface area (Å²) in [6.07, 6.45) is 0. The molecule has 26 heavy (non-hydrogen) atoms.